The van der Waals surface area contributed by atoms with Crippen LogP contribution in [0.3, 0.4) is 0 Å². The Balaban J connectivity index is 4.33. The van der Waals surface area contributed by atoms with E-state index in [0.717, 1.165) is 38.5 Å². The molecule has 0 amide bonds. The Morgan fingerprint density at radius 3 is 1.25 bits per heavy atom. The number of carbonyl (C=O) groups is 4. The van der Waals surface area contributed by atoms with Gasteiger partial charge in [0.15, 0.2) is 11.8 Å². The minimum absolute atomic E-state index is 0.0487. The summed E-state index contributed by atoms with van der Waals surface area (Å²) in [6.07, 6.45) is 36.6. The first-order valence-corrected chi connectivity index (χ1v) is 23.0. The van der Waals surface area contributed by atoms with Crippen LogP contribution < -0.4 is 5.32 Å². The van der Waals surface area contributed by atoms with Crippen molar-refractivity contribution >= 4 is 23.7 Å². The fraction of sp³-hybridized carbons (Fsp3) is 0.911. The van der Waals surface area contributed by atoms with Gasteiger partial charge < -0.3 is 19.9 Å². The number of hydrogen-bond acceptors (Lipinski definition) is 9. The molecule has 0 aromatic carbocycles. The monoisotopic (exact) mass is 781 g/mol. The smallest absolute Gasteiger partial charge is 0.306 e. The zero-order chi connectivity index (χ0) is 40.5. The van der Waals surface area contributed by atoms with Crippen LogP contribution in [-0.4, -0.2) is 60.6 Å². The first-order valence-electron chi connectivity index (χ1n) is 23.0. The quantitative estimate of drug-likeness (QED) is 0.0350. The molecule has 10 nitrogen and oxygen atoms in total. The molecule has 0 aliphatic rings. The minimum Gasteiger partial charge on any atom is -0.481 e. The third-order valence-corrected chi connectivity index (χ3v) is 10.5. The first-order chi connectivity index (χ1) is 26.8. The predicted octanol–water partition coefficient (Wildman–Crippen LogP) is 12.1. The molecule has 2 N–H and O–H groups in total. The third kappa shape index (κ3) is 38.3. The molecule has 0 saturated heterocycles. The second kappa shape index (κ2) is 41.3. The summed E-state index contributed by atoms with van der Waals surface area (Å²) in [7, 11) is 0. The molecule has 0 bridgehead atoms. The molecule has 0 radical (unpaired) electrons. The number of nitrogens with zero attached hydrogens (tertiary/aromatic N) is 1. The Hall–Kier alpha value is -2.36. The van der Waals surface area contributed by atoms with Gasteiger partial charge >= 0.3 is 17.9 Å². The summed E-state index contributed by atoms with van der Waals surface area (Å²) in [6, 6.07) is -1.26. The Bertz CT molecular complexity index is 931. The highest BCUT2D eigenvalue weighted by atomic mass is 16.6. The number of hydrogen-bond donors (Lipinski definition) is 2. The Labute approximate surface area is 336 Å². The van der Waals surface area contributed by atoms with Crippen molar-refractivity contribution in [1.82, 2.24) is 5.32 Å². The average Bonchev–Trinajstić information content (AvgIpc) is 3.16. The number of unbranched alkanes of at least 4 members (excludes halogenated alkanes) is 28. The predicted molar refractivity (Wildman–Crippen MR) is 224 cm³/mol. The van der Waals surface area contributed by atoms with Crippen LogP contribution in [0.4, 0.5) is 0 Å². The lowest BCUT2D eigenvalue weighted by atomic mass is 10.0. The summed E-state index contributed by atoms with van der Waals surface area (Å²) >= 11 is 0. The summed E-state index contributed by atoms with van der Waals surface area (Å²) in [6.45, 7) is 4.19. The van der Waals surface area contributed by atoms with Crippen LogP contribution in [0.15, 0.2) is 5.18 Å². The molecule has 322 valence electrons. The van der Waals surface area contributed by atoms with Gasteiger partial charge in [-0.1, -0.05) is 199 Å². The Morgan fingerprint density at radius 1 is 0.527 bits per heavy atom. The lowest BCUT2D eigenvalue weighted by Gasteiger charge is -2.19. The van der Waals surface area contributed by atoms with E-state index in [-0.39, 0.29) is 50.9 Å². The van der Waals surface area contributed by atoms with Gasteiger partial charge in [-0.05, 0) is 19.3 Å². The van der Waals surface area contributed by atoms with Gasteiger partial charge in [-0.2, -0.15) is 4.91 Å². The van der Waals surface area contributed by atoms with Gasteiger partial charge in [-0.25, -0.2) is 0 Å². The number of carbonyl (C=O) groups excluding carboxylic acids is 3. The van der Waals surface area contributed by atoms with E-state index in [0.29, 0.717) is 6.42 Å². The van der Waals surface area contributed by atoms with E-state index in [1.54, 1.807) is 0 Å². The maximum absolute atomic E-state index is 12.7. The number of carboxylic acid groups (broad SMARTS) is 1. The number of nitroso groups, excluding NO2 is 1. The van der Waals surface area contributed by atoms with Crippen molar-refractivity contribution in [3.05, 3.63) is 4.91 Å². The largest absolute Gasteiger partial charge is 0.481 e. The summed E-state index contributed by atoms with van der Waals surface area (Å²) < 4.78 is 11.1. The number of esters is 2. The van der Waals surface area contributed by atoms with Gasteiger partial charge in [-0.15, -0.1) is 0 Å². The molecule has 2 unspecified atom stereocenters. The fourth-order valence-corrected chi connectivity index (χ4v) is 6.93. The highest BCUT2D eigenvalue weighted by Gasteiger charge is 2.22. The van der Waals surface area contributed by atoms with Crippen molar-refractivity contribution in [3.8, 4) is 0 Å². The van der Waals surface area contributed by atoms with Gasteiger partial charge in [-0.3, -0.25) is 19.2 Å². The van der Waals surface area contributed by atoms with E-state index >= 15 is 0 Å². The number of rotatable bonds is 44. The van der Waals surface area contributed by atoms with Gasteiger partial charge in [0.1, 0.15) is 12.7 Å². The van der Waals surface area contributed by atoms with E-state index in [1.165, 1.54) is 154 Å². The molecule has 0 spiro atoms. The minimum atomic E-state index is -1.26. The molecule has 0 aromatic rings. The SMILES string of the molecule is CCCCCCCCCCCCCCCCCC(=O)OCC(CNCC(=O)C(CCC(=O)O)N=O)OC(=O)CCCCCCCCCCCCCCCCC. The molecule has 0 fully saturated rings. The number of ketones is 1. The standard InChI is InChI=1S/C45H84N2O8/c1-3-5-7-9-11-13-15-17-19-21-23-25-27-29-31-33-44(51)54-39-40(37-46-38-42(48)41(47-53)35-36-43(49)50)55-45(52)34-32-30-28-26-24-22-20-18-16-14-12-10-8-6-4-2/h40-41,46H,3-39H2,1-2H3,(H,49,50). The van der Waals surface area contributed by atoms with Crippen LogP contribution in [0.2, 0.25) is 0 Å². The molecule has 10 heteroatoms. The van der Waals surface area contributed by atoms with Crippen molar-refractivity contribution in [1.29, 1.82) is 0 Å². The van der Waals surface area contributed by atoms with Gasteiger partial charge in [0.05, 0.1) is 6.54 Å². The van der Waals surface area contributed by atoms with Gasteiger partial charge in [0.2, 0.25) is 0 Å². The highest BCUT2D eigenvalue weighted by Crippen LogP contribution is 2.16. The van der Waals surface area contributed by atoms with Crippen LogP contribution in [0.1, 0.15) is 232 Å². The second-order valence-electron chi connectivity index (χ2n) is 15.8. The van der Waals surface area contributed by atoms with Crippen LogP contribution >= 0.6 is 0 Å². The topological polar surface area (TPSA) is 148 Å². The van der Waals surface area contributed by atoms with Crippen molar-refractivity contribution in [2.45, 2.75) is 244 Å². The van der Waals surface area contributed by atoms with Crippen molar-refractivity contribution in [3.63, 3.8) is 0 Å². The number of Topliss-reactive ketones (excluding diaryl/α,β-unsaturated/α-hetero) is 1. The van der Waals surface area contributed by atoms with Crippen molar-refractivity contribution < 1.29 is 33.8 Å². The lowest BCUT2D eigenvalue weighted by Crippen LogP contribution is -2.39. The number of nitrogens with one attached hydrogen (secondary N) is 1. The Morgan fingerprint density at radius 2 is 0.891 bits per heavy atom. The molecular formula is C45H84N2O8. The highest BCUT2D eigenvalue weighted by molar-refractivity contribution is 5.86. The molecule has 0 saturated carbocycles. The van der Waals surface area contributed by atoms with Gasteiger partial charge in [0, 0.05) is 25.8 Å². The fourth-order valence-electron chi connectivity index (χ4n) is 6.93. The summed E-state index contributed by atoms with van der Waals surface area (Å²) in [5.74, 6) is -2.36. The number of aliphatic carboxylic acids is 1. The molecular weight excluding hydrogens is 697 g/mol. The van der Waals surface area contributed by atoms with Crippen LogP contribution in [0, 0.1) is 4.91 Å². The van der Waals surface area contributed by atoms with Crippen molar-refractivity contribution in [2.75, 3.05) is 19.7 Å². The van der Waals surface area contributed by atoms with E-state index < -0.39 is 23.9 Å². The Kier molecular flexibility index (Phi) is 39.5. The summed E-state index contributed by atoms with van der Waals surface area (Å²) in [5.41, 5.74) is 0. The van der Waals surface area contributed by atoms with Crippen LogP contribution in [0.25, 0.3) is 0 Å². The van der Waals surface area contributed by atoms with E-state index in [4.69, 9.17) is 14.6 Å². The molecule has 0 aromatic heterocycles. The van der Waals surface area contributed by atoms with E-state index in [1.807, 2.05) is 0 Å². The second-order valence-corrected chi connectivity index (χ2v) is 15.8. The third-order valence-electron chi connectivity index (χ3n) is 10.5. The summed E-state index contributed by atoms with van der Waals surface area (Å²) in [5, 5.41) is 14.5. The lowest BCUT2D eigenvalue weighted by molar-refractivity contribution is -0.159. The van der Waals surface area contributed by atoms with E-state index in [2.05, 4.69) is 24.3 Å². The van der Waals surface area contributed by atoms with Crippen molar-refractivity contribution in [2.24, 2.45) is 5.18 Å². The molecule has 55 heavy (non-hydrogen) atoms. The van der Waals surface area contributed by atoms with E-state index in [9.17, 15) is 24.1 Å². The zero-order valence-electron chi connectivity index (χ0n) is 35.6. The maximum Gasteiger partial charge on any atom is 0.306 e. The summed E-state index contributed by atoms with van der Waals surface area (Å²) in [4.78, 5) is 59.5. The molecule has 2 atom stereocenters. The molecule has 0 aliphatic carbocycles. The molecule has 0 heterocycles. The zero-order valence-corrected chi connectivity index (χ0v) is 35.6. The van der Waals surface area contributed by atoms with Crippen LogP contribution in [0.5, 0.6) is 0 Å². The molecule has 0 rings (SSSR count). The van der Waals surface area contributed by atoms with Crippen LogP contribution in [-0.2, 0) is 28.7 Å². The first kappa shape index (κ1) is 52.6. The average molecular weight is 781 g/mol. The maximum atomic E-state index is 12.7. The van der Waals surface area contributed by atoms with Gasteiger partial charge in [0.25, 0.3) is 0 Å². The number of ether oxygens (including phenoxy) is 2. The normalized spacial score (nSPS) is 12.3. The molecule has 0 aliphatic heterocycles. The number of carboxylic acids is 1.